The molecule has 1 aliphatic rings. The van der Waals surface area contributed by atoms with E-state index < -0.39 is 5.97 Å². The number of carbonyl (C=O) groups is 2. The maximum absolute atomic E-state index is 12.3. The van der Waals surface area contributed by atoms with Gasteiger partial charge in [0, 0.05) is 23.9 Å². The average molecular weight is 281 g/mol. The third-order valence-corrected chi connectivity index (χ3v) is 4.42. The molecule has 4 nitrogen and oxygen atoms in total. The summed E-state index contributed by atoms with van der Waals surface area (Å²) in [5, 5.41) is 10.7. The highest BCUT2D eigenvalue weighted by molar-refractivity contribution is 7.10. The molecule has 19 heavy (non-hydrogen) atoms. The Morgan fingerprint density at radius 1 is 1.42 bits per heavy atom. The zero-order chi connectivity index (χ0) is 13.7. The summed E-state index contributed by atoms with van der Waals surface area (Å²) in [4.78, 5) is 26.0. The third kappa shape index (κ3) is 4.06. The van der Waals surface area contributed by atoms with Crippen LogP contribution in [0.5, 0.6) is 0 Å². The standard InChI is InChI=1S/C14H19NO3S/c16-13(10-12-5-3-9-19-12)15-8-2-1-4-11(15)6-7-14(17)18/h3,5,9,11H,1-2,4,6-8,10H2,(H,17,18). The van der Waals surface area contributed by atoms with Crippen molar-refractivity contribution in [3.8, 4) is 0 Å². The van der Waals surface area contributed by atoms with E-state index in [1.54, 1.807) is 11.3 Å². The molecule has 0 aliphatic carbocycles. The molecule has 0 spiro atoms. The van der Waals surface area contributed by atoms with Crippen LogP contribution in [-0.4, -0.2) is 34.5 Å². The Labute approximate surface area is 117 Å². The molecule has 0 saturated carbocycles. The first-order chi connectivity index (χ1) is 9.16. The predicted molar refractivity (Wildman–Crippen MR) is 74.2 cm³/mol. The van der Waals surface area contributed by atoms with Crippen LogP contribution in [0, 0.1) is 0 Å². The van der Waals surface area contributed by atoms with Crippen LogP contribution in [-0.2, 0) is 16.0 Å². The van der Waals surface area contributed by atoms with E-state index in [1.165, 1.54) is 0 Å². The number of hydrogen-bond donors (Lipinski definition) is 1. The molecule has 1 aromatic heterocycles. The van der Waals surface area contributed by atoms with Crippen molar-refractivity contribution in [3.05, 3.63) is 22.4 Å². The lowest BCUT2D eigenvalue weighted by Gasteiger charge is -2.35. The molecule has 0 radical (unpaired) electrons. The second-order valence-electron chi connectivity index (χ2n) is 4.93. The summed E-state index contributed by atoms with van der Waals surface area (Å²) >= 11 is 1.59. The van der Waals surface area contributed by atoms with Crippen LogP contribution in [0.2, 0.25) is 0 Å². The Balaban J connectivity index is 1.94. The SMILES string of the molecule is O=C(O)CCC1CCCCN1C(=O)Cc1cccs1. The fraction of sp³-hybridized carbons (Fsp3) is 0.571. The Bertz CT molecular complexity index is 430. The molecule has 104 valence electrons. The van der Waals surface area contributed by atoms with Gasteiger partial charge in [0.1, 0.15) is 0 Å². The number of aliphatic carboxylic acids is 1. The zero-order valence-corrected chi connectivity index (χ0v) is 11.7. The van der Waals surface area contributed by atoms with E-state index in [4.69, 9.17) is 5.11 Å². The smallest absolute Gasteiger partial charge is 0.303 e. The van der Waals surface area contributed by atoms with Gasteiger partial charge in [-0.25, -0.2) is 0 Å². The topological polar surface area (TPSA) is 57.6 Å². The van der Waals surface area contributed by atoms with Gasteiger partial charge in [0.25, 0.3) is 0 Å². The summed E-state index contributed by atoms with van der Waals surface area (Å²) in [5.41, 5.74) is 0. The number of carbonyl (C=O) groups excluding carboxylic acids is 1. The number of hydrogen-bond acceptors (Lipinski definition) is 3. The van der Waals surface area contributed by atoms with Crippen LogP contribution < -0.4 is 0 Å². The van der Waals surface area contributed by atoms with Crippen LogP contribution in [0.15, 0.2) is 17.5 Å². The van der Waals surface area contributed by atoms with Crippen molar-refractivity contribution in [1.82, 2.24) is 4.90 Å². The van der Waals surface area contributed by atoms with Gasteiger partial charge >= 0.3 is 5.97 Å². The number of piperidine rings is 1. The number of thiophene rings is 1. The molecule has 1 N–H and O–H groups in total. The molecule has 0 aromatic carbocycles. The maximum atomic E-state index is 12.3. The van der Waals surface area contributed by atoms with Crippen LogP contribution in [0.4, 0.5) is 0 Å². The highest BCUT2D eigenvalue weighted by Gasteiger charge is 2.26. The third-order valence-electron chi connectivity index (χ3n) is 3.54. The second kappa shape index (κ2) is 6.70. The predicted octanol–water partition coefficient (Wildman–Crippen LogP) is 2.54. The van der Waals surface area contributed by atoms with Gasteiger partial charge in [-0.05, 0) is 37.1 Å². The van der Waals surface area contributed by atoms with Crippen molar-refractivity contribution in [1.29, 1.82) is 0 Å². The quantitative estimate of drug-likeness (QED) is 0.902. The van der Waals surface area contributed by atoms with Gasteiger partial charge < -0.3 is 10.0 Å². The Kier molecular flexibility index (Phi) is 4.96. The van der Waals surface area contributed by atoms with E-state index in [1.807, 2.05) is 22.4 Å². The number of nitrogens with zero attached hydrogens (tertiary/aromatic N) is 1. The van der Waals surface area contributed by atoms with Crippen LogP contribution in [0.1, 0.15) is 37.0 Å². The molecular weight excluding hydrogens is 262 g/mol. The van der Waals surface area contributed by atoms with Gasteiger partial charge in [-0.3, -0.25) is 9.59 Å². The zero-order valence-electron chi connectivity index (χ0n) is 10.9. The Morgan fingerprint density at radius 3 is 2.95 bits per heavy atom. The van der Waals surface area contributed by atoms with Gasteiger partial charge in [0.2, 0.25) is 5.91 Å². The number of carboxylic acid groups (broad SMARTS) is 1. The Morgan fingerprint density at radius 2 is 2.26 bits per heavy atom. The maximum Gasteiger partial charge on any atom is 0.303 e. The first-order valence-corrected chi connectivity index (χ1v) is 7.58. The molecule has 5 heteroatoms. The van der Waals surface area contributed by atoms with Crippen LogP contribution in [0.25, 0.3) is 0 Å². The number of amides is 1. The summed E-state index contributed by atoms with van der Waals surface area (Å²) < 4.78 is 0. The lowest BCUT2D eigenvalue weighted by Crippen LogP contribution is -2.44. The van der Waals surface area contributed by atoms with Crippen molar-refractivity contribution in [3.63, 3.8) is 0 Å². The van der Waals surface area contributed by atoms with Crippen molar-refractivity contribution in [2.24, 2.45) is 0 Å². The normalized spacial score (nSPS) is 19.4. The fourth-order valence-corrected chi connectivity index (χ4v) is 3.28. The number of likely N-dealkylation sites (tertiary alicyclic amines) is 1. The second-order valence-corrected chi connectivity index (χ2v) is 5.96. The number of rotatable bonds is 5. The monoisotopic (exact) mass is 281 g/mol. The van der Waals surface area contributed by atoms with Crippen molar-refractivity contribution >= 4 is 23.2 Å². The van der Waals surface area contributed by atoms with Gasteiger partial charge in [0.05, 0.1) is 6.42 Å². The molecular formula is C14H19NO3S. The molecule has 1 saturated heterocycles. The summed E-state index contributed by atoms with van der Waals surface area (Å²) in [5.74, 6) is -0.645. The highest BCUT2D eigenvalue weighted by atomic mass is 32.1. The molecule has 1 aliphatic heterocycles. The molecule has 1 fully saturated rings. The van der Waals surface area contributed by atoms with E-state index in [9.17, 15) is 9.59 Å². The molecule has 2 heterocycles. The molecule has 0 bridgehead atoms. The van der Waals surface area contributed by atoms with Gasteiger partial charge in [-0.15, -0.1) is 11.3 Å². The van der Waals surface area contributed by atoms with Gasteiger partial charge in [-0.2, -0.15) is 0 Å². The summed E-state index contributed by atoms with van der Waals surface area (Å²) in [7, 11) is 0. The summed E-state index contributed by atoms with van der Waals surface area (Å²) in [6.45, 7) is 0.772. The minimum Gasteiger partial charge on any atom is -0.481 e. The lowest BCUT2D eigenvalue weighted by atomic mass is 9.97. The molecule has 2 rings (SSSR count). The lowest BCUT2D eigenvalue weighted by molar-refractivity contribution is -0.139. The minimum atomic E-state index is -0.781. The van der Waals surface area contributed by atoms with E-state index >= 15 is 0 Å². The van der Waals surface area contributed by atoms with Crippen molar-refractivity contribution in [2.45, 2.75) is 44.6 Å². The van der Waals surface area contributed by atoms with Crippen LogP contribution in [0.3, 0.4) is 0 Å². The van der Waals surface area contributed by atoms with Crippen molar-refractivity contribution < 1.29 is 14.7 Å². The molecule has 1 atom stereocenters. The van der Waals surface area contributed by atoms with E-state index in [0.717, 1.165) is 30.7 Å². The summed E-state index contributed by atoms with van der Waals surface area (Å²) in [6.07, 6.45) is 4.22. The summed E-state index contributed by atoms with van der Waals surface area (Å²) in [6, 6.07) is 4.03. The fourth-order valence-electron chi connectivity index (χ4n) is 2.58. The number of carboxylic acids is 1. The van der Waals surface area contributed by atoms with Crippen LogP contribution >= 0.6 is 11.3 Å². The largest absolute Gasteiger partial charge is 0.481 e. The van der Waals surface area contributed by atoms with E-state index in [2.05, 4.69) is 0 Å². The molecule has 1 aromatic rings. The first kappa shape index (κ1) is 14.1. The van der Waals surface area contributed by atoms with E-state index in [-0.39, 0.29) is 18.4 Å². The Hall–Kier alpha value is -1.36. The minimum absolute atomic E-state index is 0.109. The van der Waals surface area contributed by atoms with Crippen molar-refractivity contribution in [2.75, 3.05) is 6.54 Å². The average Bonchev–Trinajstić information content (AvgIpc) is 2.89. The van der Waals surface area contributed by atoms with Gasteiger partial charge in [0.15, 0.2) is 0 Å². The highest BCUT2D eigenvalue weighted by Crippen LogP contribution is 2.22. The molecule has 1 unspecified atom stereocenters. The first-order valence-electron chi connectivity index (χ1n) is 6.70. The van der Waals surface area contributed by atoms with Gasteiger partial charge in [-0.1, -0.05) is 6.07 Å². The molecule has 1 amide bonds. The van der Waals surface area contributed by atoms with E-state index in [0.29, 0.717) is 12.8 Å².